The van der Waals surface area contributed by atoms with Crippen LogP contribution in [0.25, 0.3) is 10.9 Å². The van der Waals surface area contributed by atoms with Gasteiger partial charge in [0.15, 0.2) is 0 Å². The molecule has 2 aromatic carbocycles. The van der Waals surface area contributed by atoms with Gasteiger partial charge in [-0.05, 0) is 37.0 Å². The lowest BCUT2D eigenvalue weighted by atomic mass is 9.99. The molecule has 5 rings (SSSR count). The zero-order valence-electron chi connectivity index (χ0n) is 19.9. The molecule has 1 saturated carbocycles. The van der Waals surface area contributed by atoms with Crippen molar-refractivity contribution in [1.82, 2.24) is 9.47 Å². The van der Waals surface area contributed by atoms with Gasteiger partial charge in [0.05, 0.1) is 11.2 Å². The van der Waals surface area contributed by atoms with E-state index < -0.39 is 17.2 Å². The summed E-state index contributed by atoms with van der Waals surface area (Å²) in [4.78, 5) is 28.6. The Morgan fingerprint density at radius 2 is 1.86 bits per heavy atom. The molecule has 0 amide bonds. The van der Waals surface area contributed by atoms with E-state index in [1.165, 1.54) is 17.8 Å². The lowest BCUT2D eigenvalue weighted by Crippen LogP contribution is -2.48. The molecule has 2 fully saturated rings. The van der Waals surface area contributed by atoms with E-state index in [2.05, 4.69) is 22.2 Å². The van der Waals surface area contributed by atoms with Crippen LogP contribution in [0.5, 0.6) is 0 Å². The van der Waals surface area contributed by atoms with Gasteiger partial charge in [-0.1, -0.05) is 30.3 Å². The smallest absolute Gasteiger partial charge is 0.341 e. The molecule has 2 heterocycles. The van der Waals surface area contributed by atoms with Gasteiger partial charge in [-0.15, -0.1) is 5.16 Å². The van der Waals surface area contributed by atoms with Gasteiger partial charge >= 0.3 is 5.97 Å². The second-order valence-corrected chi connectivity index (χ2v) is 9.64. The zero-order valence-corrected chi connectivity index (χ0v) is 19.9. The molecule has 8 nitrogen and oxygen atoms in total. The summed E-state index contributed by atoms with van der Waals surface area (Å²) in [6.07, 6.45) is 5.56. The van der Waals surface area contributed by atoms with Crippen molar-refractivity contribution in [2.45, 2.75) is 25.3 Å². The van der Waals surface area contributed by atoms with E-state index in [4.69, 9.17) is 5.21 Å². The van der Waals surface area contributed by atoms with Crippen molar-refractivity contribution in [3.8, 4) is 0 Å². The van der Waals surface area contributed by atoms with Crippen molar-refractivity contribution in [2.75, 3.05) is 37.6 Å². The number of rotatable bonds is 8. The first-order valence-electron chi connectivity index (χ1n) is 12.2. The van der Waals surface area contributed by atoms with Gasteiger partial charge in [0, 0.05) is 62.5 Å². The fourth-order valence-electron chi connectivity index (χ4n) is 5.09. The van der Waals surface area contributed by atoms with Gasteiger partial charge in [-0.3, -0.25) is 9.69 Å². The highest BCUT2D eigenvalue weighted by Crippen LogP contribution is 2.38. The van der Waals surface area contributed by atoms with Crippen molar-refractivity contribution in [3.05, 3.63) is 75.8 Å². The standard InChI is InChI=1S/C27H29FN4O4/c28-23-13-21-24(32(20-6-7-20)17-22(26(21)33)27(34)35)14-25(23)31-10-8-30(9-11-31)16-19(15-29-36)12-18-4-2-1-3-5-18/h1-5,13-15,17,19-20,36H,6-12,16H2,(H,34,35). The number of carboxylic acids is 1. The number of carbonyl (C=O) groups is 1. The van der Waals surface area contributed by atoms with Crippen LogP contribution in [0.2, 0.25) is 0 Å². The van der Waals surface area contributed by atoms with E-state index in [1.807, 2.05) is 27.7 Å². The summed E-state index contributed by atoms with van der Waals surface area (Å²) in [7, 11) is 0. The van der Waals surface area contributed by atoms with Gasteiger partial charge < -0.3 is 19.8 Å². The number of aromatic carboxylic acids is 1. The number of aromatic nitrogens is 1. The van der Waals surface area contributed by atoms with E-state index in [9.17, 15) is 14.7 Å². The molecule has 0 radical (unpaired) electrons. The topological polar surface area (TPSA) is 98.4 Å². The van der Waals surface area contributed by atoms with Crippen LogP contribution in [0.1, 0.15) is 34.8 Å². The van der Waals surface area contributed by atoms with Crippen LogP contribution in [0, 0.1) is 11.7 Å². The Balaban J connectivity index is 1.33. The Labute approximate surface area is 207 Å². The Morgan fingerprint density at radius 1 is 1.14 bits per heavy atom. The minimum Gasteiger partial charge on any atom is -0.477 e. The molecule has 1 unspecified atom stereocenters. The van der Waals surface area contributed by atoms with Crippen molar-refractivity contribution in [3.63, 3.8) is 0 Å². The summed E-state index contributed by atoms with van der Waals surface area (Å²) >= 11 is 0. The fourth-order valence-corrected chi connectivity index (χ4v) is 5.09. The highest BCUT2D eigenvalue weighted by atomic mass is 19.1. The number of halogens is 1. The molecular weight excluding hydrogens is 463 g/mol. The van der Waals surface area contributed by atoms with Crippen LogP contribution in [0.4, 0.5) is 10.1 Å². The Hall–Kier alpha value is -3.72. The maximum Gasteiger partial charge on any atom is 0.341 e. The Kier molecular flexibility index (Phi) is 6.73. The van der Waals surface area contributed by atoms with Gasteiger partial charge in [0.25, 0.3) is 0 Å². The number of hydrogen-bond acceptors (Lipinski definition) is 6. The van der Waals surface area contributed by atoms with Crippen LogP contribution in [0.3, 0.4) is 0 Å². The van der Waals surface area contributed by atoms with E-state index in [1.54, 1.807) is 12.3 Å². The average Bonchev–Trinajstić information content (AvgIpc) is 3.71. The Bertz CT molecular complexity index is 1350. The average molecular weight is 493 g/mol. The number of anilines is 1. The SMILES string of the molecule is O=C(O)c1cn(C2CC2)c2cc(N3CCN(CC(C=NO)Cc4ccccc4)CC3)c(F)cc2c1=O. The first-order valence-corrected chi connectivity index (χ1v) is 12.2. The third-order valence-electron chi connectivity index (χ3n) is 7.10. The van der Waals surface area contributed by atoms with Crippen LogP contribution >= 0.6 is 0 Å². The summed E-state index contributed by atoms with van der Waals surface area (Å²) < 4.78 is 17.0. The number of fused-ring (bicyclic) bond motifs is 1. The summed E-state index contributed by atoms with van der Waals surface area (Å²) in [5, 5.41) is 22.0. The number of carboxylic acid groups (broad SMARTS) is 1. The lowest BCUT2D eigenvalue weighted by molar-refractivity contribution is 0.0695. The van der Waals surface area contributed by atoms with Crippen LogP contribution in [-0.2, 0) is 6.42 Å². The third-order valence-corrected chi connectivity index (χ3v) is 7.10. The van der Waals surface area contributed by atoms with Crippen molar-refractivity contribution in [1.29, 1.82) is 0 Å². The van der Waals surface area contributed by atoms with Crippen molar-refractivity contribution < 1.29 is 19.5 Å². The van der Waals surface area contributed by atoms with E-state index >= 15 is 4.39 Å². The van der Waals surface area contributed by atoms with Crippen LogP contribution in [0.15, 0.2) is 58.6 Å². The largest absolute Gasteiger partial charge is 0.477 e. The van der Waals surface area contributed by atoms with Gasteiger partial charge in [0.1, 0.15) is 11.4 Å². The van der Waals surface area contributed by atoms with Gasteiger partial charge in [0.2, 0.25) is 5.43 Å². The normalized spacial score (nSPS) is 17.6. The number of piperazine rings is 1. The molecule has 1 aliphatic heterocycles. The molecule has 188 valence electrons. The van der Waals surface area contributed by atoms with Crippen molar-refractivity contribution in [2.24, 2.45) is 11.1 Å². The minimum atomic E-state index is -1.30. The predicted octanol–water partition coefficient (Wildman–Crippen LogP) is 3.61. The van der Waals surface area contributed by atoms with E-state index in [0.29, 0.717) is 24.3 Å². The number of oxime groups is 1. The highest BCUT2D eigenvalue weighted by molar-refractivity contribution is 5.93. The van der Waals surface area contributed by atoms with Crippen LogP contribution < -0.4 is 10.3 Å². The quantitative estimate of drug-likeness (QED) is 0.283. The van der Waals surface area contributed by atoms with Crippen molar-refractivity contribution >= 4 is 28.8 Å². The molecule has 0 bridgehead atoms. The molecule has 1 aliphatic carbocycles. The summed E-state index contributed by atoms with van der Waals surface area (Å²) in [5.74, 6) is -1.77. The molecule has 2 aliphatic rings. The number of benzene rings is 2. The fraction of sp³-hybridized carbons (Fsp3) is 0.370. The molecule has 2 N–H and O–H groups in total. The zero-order chi connectivity index (χ0) is 25.2. The van der Waals surface area contributed by atoms with E-state index in [-0.39, 0.29) is 22.9 Å². The number of nitrogens with zero attached hydrogens (tertiary/aromatic N) is 4. The summed E-state index contributed by atoms with van der Waals surface area (Å²) in [6, 6.07) is 13.1. The summed E-state index contributed by atoms with van der Waals surface area (Å²) in [6.45, 7) is 3.38. The second-order valence-electron chi connectivity index (χ2n) is 9.64. The molecule has 3 aromatic rings. The first-order chi connectivity index (χ1) is 17.4. The predicted molar refractivity (Wildman–Crippen MR) is 136 cm³/mol. The second kappa shape index (κ2) is 10.1. The molecule has 1 atom stereocenters. The molecule has 36 heavy (non-hydrogen) atoms. The number of pyridine rings is 1. The maximum atomic E-state index is 15.2. The molecular formula is C27H29FN4O4. The molecule has 0 spiro atoms. The maximum absolute atomic E-state index is 15.2. The summed E-state index contributed by atoms with van der Waals surface area (Å²) in [5.41, 5.74) is 1.20. The minimum absolute atomic E-state index is 0.0535. The molecule has 1 aromatic heterocycles. The first kappa shape index (κ1) is 24.0. The third kappa shape index (κ3) is 4.97. The van der Waals surface area contributed by atoms with Gasteiger partial charge in [-0.25, -0.2) is 9.18 Å². The highest BCUT2D eigenvalue weighted by Gasteiger charge is 2.28. The van der Waals surface area contributed by atoms with Gasteiger partial charge in [-0.2, -0.15) is 0 Å². The monoisotopic (exact) mass is 492 g/mol. The van der Waals surface area contributed by atoms with Crippen LogP contribution in [-0.4, -0.2) is 64.7 Å². The molecule has 1 saturated heterocycles. The lowest BCUT2D eigenvalue weighted by Gasteiger charge is -2.37. The van der Waals surface area contributed by atoms with E-state index in [0.717, 1.165) is 38.9 Å². The number of hydrogen-bond donors (Lipinski definition) is 2. The Morgan fingerprint density at radius 3 is 2.50 bits per heavy atom. The molecule has 9 heteroatoms.